The first-order valence-electron chi connectivity index (χ1n) is 4.56. The van der Waals surface area contributed by atoms with Crippen molar-refractivity contribution in [3.05, 3.63) is 42.1 Å². The summed E-state index contributed by atoms with van der Waals surface area (Å²) in [4.78, 5) is 0. The Labute approximate surface area is 87.1 Å². The predicted octanol–water partition coefficient (Wildman–Crippen LogP) is -0.994. The highest BCUT2D eigenvalue weighted by atomic mass is 16.4. The number of hydrogen-bond donors (Lipinski definition) is 2. The third kappa shape index (κ3) is 2.23. The minimum atomic E-state index is -1.54. The lowest BCUT2D eigenvalue weighted by Crippen LogP contribution is -2.36. The normalized spacial score (nSPS) is 10.3. The highest BCUT2D eigenvalue weighted by molar-refractivity contribution is 6.57. The monoisotopic (exact) mass is 203 g/mol. The second kappa shape index (κ2) is 4.25. The number of aromatic nitrogens is 3. The molecule has 0 fully saturated rings. The van der Waals surface area contributed by atoms with Crippen molar-refractivity contribution in [3.63, 3.8) is 0 Å². The molecule has 1 aromatic heterocycles. The Morgan fingerprint density at radius 3 is 2.60 bits per heavy atom. The van der Waals surface area contributed by atoms with E-state index < -0.39 is 7.12 Å². The van der Waals surface area contributed by atoms with Crippen molar-refractivity contribution in [3.8, 4) is 0 Å². The summed E-state index contributed by atoms with van der Waals surface area (Å²) in [5.74, 6) is 0. The number of rotatable bonds is 3. The molecule has 1 aromatic carbocycles. The lowest BCUT2D eigenvalue weighted by Gasteiger charge is -2.04. The Bertz CT molecular complexity index is 430. The largest absolute Gasteiger partial charge is 0.509 e. The highest BCUT2D eigenvalue weighted by Crippen LogP contribution is 1.99. The molecular weight excluding hydrogens is 193 g/mol. The average molecular weight is 203 g/mol. The molecule has 0 aliphatic heterocycles. The summed E-state index contributed by atoms with van der Waals surface area (Å²) in [5.41, 5.74) is 1.32. The molecule has 2 aromatic rings. The van der Waals surface area contributed by atoms with Crippen molar-refractivity contribution in [1.29, 1.82) is 0 Å². The van der Waals surface area contributed by atoms with E-state index in [0.29, 0.717) is 12.1 Å². The third-order valence-corrected chi connectivity index (χ3v) is 2.09. The van der Waals surface area contributed by atoms with Gasteiger partial charge in [-0.05, 0) is 5.56 Å². The van der Waals surface area contributed by atoms with Crippen molar-refractivity contribution in [2.75, 3.05) is 0 Å². The third-order valence-electron chi connectivity index (χ3n) is 2.09. The van der Waals surface area contributed by atoms with Gasteiger partial charge in [-0.3, -0.25) is 0 Å². The summed E-state index contributed by atoms with van der Waals surface area (Å²) in [6, 6.07) is 9.64. The molecular formula is C9H10BN3O2. The van der Waals surface area contributed by atoms with Crippen LogP contribution < -0.4 is 5.59 Å². The summed E-state index contributed by atoms with van der Waals surface area (Å²) in [6.45, 7) is 0.480. The minimum absolute atomic E-state index is 0.291. The van der Waals surface area contributed by atoms with Crippen molar-refractivity contribution >= 4 is 12.7 Å². The second-order valence-electron chi connectivity index (χ2n) is 3.18. The summed E-state index contributed by atoms with van der Waals surface area (Å²) < 4.78 is 1.46. The van der Waals surface area contributed by atoms with Crippen LogP contribution >= 0.6 is 0 Å². The van der Waals surface area contributed by atoms with Gasteiger partial charge in [0.1, 0.15) is 0 Å². The first kappa shape index (κ1) is 9.88. The molecule has 15 heavy (non-hydrogen) atoms. The van der Waals surface area contributed by atoms with E-state index in [1.54, 1.807) is 0 Å². The Kier molecular flexibility index (Phi) is 2.80. The zero-order chi connectivity index (χ0) is 10.7. The maximum Gasteiger partial charge on any atom is 0.509 e. The van der Waals surface area contributed by atoms with Crippen LogP contribution in [0.5, 0.6) is 0 Å². The molecule has 0 aliphatic rings. The van der Waals surface area contributed by atoms with Crippen molar-refractivity contribution in [1.82, 2.24) is 15.0 Å². The number of benzene rings is 1. The summed E-state index contributed by atoms with van der Waals surface area (Å²) in [6.07, 6.45) is 1.34. The van der Waals surface area contributed by atoms with E-state index in [4.69, 9.17) is 10.0 Å². The van der Waals surface area contributed by atoms with E-state index in [2.05, 4.69) is 10.3 Å². The lowest BCUT2D eigenvalue weighted by atomic mass is 9.87. The van der Waals surface area contributed by atoms with Gasteiger partial charge in [0.2, 0.25) is 0 Å². The maximum atomic E-state index is 9.03. The molecule has 6 heteroatoms. The number of hydrogen-bond acceptors (Lipinski definition) is 4. The molecule has 0 amide bonds. The van der Waals surface area contributed by atoms with Crippen LogP contribution in [0, 0.1) is 0 Å². The van der Waals surface area contributed by atoms with Gasteiger partial charge in [-0.25, -0.2) is 4.68 Å². The van der Waals surface area contributed by atoms with Gasteiger partial charge in [-0.15, -0.1) is 5.10 Å². The Morgan fingerprint density at radius 2 is 1.93 bits per heavy atom. The molecule has 0 atom stereocenters. The molecule has 76 valence electrons. The Hall–Kier alpha value is -1.66. The van der Waals surface area contributed by atoms with Crippen LogP contribution in [0.3, 0.4) is 0 Å². The molecule has 0 unspecified atom stereocenters. The first-order chi connectivity index (χ1) is 7.27. The lowest BCUT2D eigenvalue weighted by molar-refractivity contribution is 0.420. The van der Waals surface area contributed by atoms with Gasteiger partial charge in [-0.2, -0.15) is 0 Å². The molecule has 0 aliphatic carbocycles. The zero-order valence-electron chi connectivity index (χ0n) is 7.98. The van der Waals surface area contributed by atoms with Crippen LogP contribution in [-0.2, 0) is 6.54 Å². The van der Waals surface area contributed by atoms with Crippen LogP contribution in [0.1, 0.15) is 5.56 Å². The molecule has 5 nitrogen and oxygen atoms in total. The van der Waals surface area contributed by atoms with E-state index >= 15 is 0 Å². The highest BCUT2D eigenvalue weighted by Gasteiger charge is 2.17. The van der Waals surface area contributed by atoms with Crippen molar-refractivity contribution in [2.24, 2.45) is 0 Å². The van der Waals surface area contributed by atoms with E-state index in [1.165, 1.54) is 10.9 Å². The first-order valence-corrected chi connectivity index (χ1v) is 4.56. The van der Waals surface area contributed by atoms with Gasteiger partial charge in [0.15, 0.2) is 0 Å². The minimum Gasteiger partial charge on any atom is -0.422 e. The van der Waals surface area contributed by atoms with Crippen LogP contribution in [0.2, 0.25) is 0 Å². The van der Waals surface area contributed by atoms with Gasteiger partial charge in [0, 0.05) is 0 Å². The Balaban J connectivity index is 2.21. The SMILES string of the molecule is OB(O)c1cnnn1Cc1ccccc1. The van der Waals surface area contributed by atoms with Crippen LogP contribution in [0.4, 0.5) is 0 Å². The van der Waals surface area contributed by atoms with Crippen molar-refractivity contribution < 1.29 is 10.0 Å². The summed E-state index contributed by atoms with van der Waals surface area (Å²) in [7, 11) is -1.54. The molecule has 0 bridgehead atoms. The number of nitrogens with zero attached hydrogens (tertiary/aromatic N) is 3. The smallest absolute Gasteiger partial charge is 0.422 e. The van der Waals surface area contributed by atoms with Gasteiger partial charge in [0.05, 0.1) is 18.3 Å². The van der Waals surface area contributed by atoms with E-state index in [1.807, 2.05) is 30.3 Å². The molecule has 0 saturated carbocycles. The molecule has 0 saturated heterocycles. The van der Waals surface area contributed by atoms with E-state index in [0.717, 1.165) is 5.56 Å². The fourth-order valence-electron chi connectivity index (χ4n) is 1.34. The predicted molar refractivity (Wildman–Crippen MR) is 55.4 cm³/mol. The summed E-state index contributed by atoms with van der Waals surface area (Å²) >= 11 is 0. The maximum absolute atomic E-state index is 9.03. The van der Waals surface area contributed by atoms with Gasteiger partial charge in [-0.1, -0.05) is 35.5 Å². The van der Waals surface area contributed by atoms with Crippen molar-refractivity contribution in [2.45, 2.75) is 6.54 Å². The molecule has 2 rings (SSSR count). The Morgan fingerprint density at radius 1 is 1.20 bits per heavy atom. The van der Waals surface area contributed by atoms with Crippen LogP contribution in [0.25, 0.3) is 0 Å². The topological polar surface area (TPSA) is 71.2 Å². The van der Waals surface area contributed by atoms with Crippen LogP contribution in [-0.4, -0.2) is 32.2 Å². The van der Waals surface area contributed by atoms with Gasteiger partial charge >= 0.3 is 7.12 Å². The standard InChI is InChI=1S/C9H10BN3O2/c14-10(15)9-6-11-12-13(9)7-8-4-2-1-3-5-8/h1-6,14-15H,7H2. The molecule has 0 radical (unpaired) electrons. The summed E-state index contributed by atoms with van der Waals surface area (Å²) in [5, 5.41) is 25.5. The fourth-order valence-corrected chi connectivity index (χ4v) is 1.34. The fraction of sp³-hybridized carbons (Fsp3) is 0.111. The zero-order valence-corrected chi connectivity index (χ0v) is 7.98. The molecule has 1 heterocycles. The molecule has 0 spiro atoms. The quantitative estimate of drug-likeness (QED) is 0.628. The van der Waals surface area contributed by atoms with Crippen LogP contribution in [0.15, 0.2) is 36.5 Å². The average Bonchev–Trinajstić information content (AvgIpc) is 2.67. The molecule has 2 N–H and O–H groups in total. The van der Waals surface area contributed by atoms with E-state index in [-0.39, 0.29) is 0 Å². The second-order valence-corrected chi connectivity index (χ2v) is 3.18. The van der Waals surface area contributed by atoms with E-state index in [9.17, 15) is 0 Å². The van der Waals surface area contributed by atoms with Gasteiger partial charge in [0.25, 0.3) is 0 Å². The van der Waals surface area contributed by atoms with Gasteiger partial charge < -0.3 is 10.0 Å².